The molecule has 0 saturated heterocycles. The van der Waals surface area contributed by atoms with Crippen molar-refractivity contribution in [3.05, 3.63) is 64.7 Å². The van der Waals surface area contributed by atoms with Crippen molar-refractivity contribution in [2.45, 2.75) is 6.04 Å². The van der Waals surface area contributed by atoms with Crippen LogP contribution in [0.1, 0.15) is 17.2 Å². The largest absolute Gasteiger partial charge is 0.325 e. The number of nitrogens with zero attached hydrogens (tertiary/aromatic N) is 1. The van der Waals surface area contributed by atoms with Gasteiger partial charge in [-0.15, -0.1) is 0 Å². The molecule has 1 aliphatic rings. The summed E-state index contributed by atoms with van der Waals surface area (Å²) < 4.78 is 25.7. The molecule has 1 aliphatic heterocycles. The summed E-state index contributed by atoms with van der Waals surface area (Å²) >= 11 is 6.10. The van der Waals surface area contributed by atoms with E-state index in [-0.39, 0.29) is 12.5 Å². The van der Waals surface area contributed by atoms with E-state index in [0.717, 1.165) is 11.8 Å². The Morgan fingerprint density at radius 2 is 1.87 bits per heavy atom. The van der Waals surface area contributed by atoms with Crippen molar-refractivity contribution in [2.75, 3.05) is 18.1 Å². The maximum Gasteiger partial charge on any atom is 0.239 e. The summed E-state index contributed by atoms with van der Waals surface area (Å²) in [6, 6.07) is 13.6. The number of rotatable bonds is 2. The van der Waals surface area contributed by atoms with Crippen LogP contribution in [0, 0.1) is 0 Å². The summed E-state index contributed by atoms with van der Waals surface area (Å²) in [6.07, 6.45) is 1.10. The third-order valence-corrected chi connectivity index (χ3v) is 5.14. The first kappa shape index (κ1) is 16.0. The third-order valence-electron chi connectivity index (χ3n) is 3.71. The van der Waals surface area contributed by atoms with Gasteiger partial charge in [0.25, 0.3) is 0 Å². The van der Waals surface area contributed by atoms with Gasteiger partial charge in [0.05, 0.1) is 18.8 Å². The van der Waals surface area contributed by atoms with Gasteiger partial charge in [0.1, 0.15) is 0 Å². The Hall–Kier alpha value is -1.89. The van der Waals surface area contributed by atoms with Crippen LogP contribution in [0.25, 0.3) is 0 Å². The van der Waals surface area contributed by atoms with Crippen molar-refractivity contribution < 1.29 is 13.2 Å². The number of halogens is 1. The number of carbonyl (C=O) groups excluding carboxylic acids is 1. The second-order valence-electron chi connectivity index (χ2n) is 5.40. The van der Waals surface area contributed by atoms with Crippen molar-refractivity contribution >= 4 is 33.2 Å². The quantitative estimate of drug-likeness (QED) is 0.905. The number of amides is 1. The molecule has 7 heteroatoms. The Morgan fingerprint density at radius 1 is 1.17 bits per heavy atom. The number of sulfonamides is 1. The van der Waals surface area contributed by atoms with E-state index < -0.39 is 16.1 Å². The maximum atomic E-state index is 12.3. The summed E-state index contributed by atoms with van der Waals surface area (Å²) in [4.78, 5) is 12.1. The lowest BCUT2D eigenvalue weighted by Crippen LogP contribution is -2.38. The molecule has 0 bridgehead atoms. The van der Waals surface area contributed by atoms with E-state index in [2.05, 4.69) is 5.32 Å². The maximum absolute atomic E-state index is 12.3. The van der Waals surface area contributed by atoms with Crippen LogP contribution in [0.15, 0.2) is 48.5 Å². The molecule has 1 heterocycles. The highest BCUT2D eigenvalue weighted by atomic mass is 35.5. The second kappa shape index (κ2) is 5.96. The Labute approximate surface area is 139 Å². The normalized spacial score (nSPS) is 18.9. The topological polar surface area (TPSA) is 66.5 Å². The minimum atomic E-state index is -3.61. The number of anilines is 1. The van der Waals surface area contributed by atoms with Gasteiger partial charge in [-0.1, -0.05) is 41.9 Å². The van der Waals surface area contributed by atoms with Gasteiger partial charge in [-0.3, -0.25) is 4.79 Å². The molecule has 23 heavy (non-hydrogen) atoms. The molecule has 5 nitrogen and oxygen atoms in total. The van der Waals surface area contributed by atoms with E-state index in [1.54, 1.807) is 18.2 Å². The van der Waals surface area contributed by atoms with Gasteiger partial charge in [-0.25, -0.2) is 8.42 Å². The van der Waals surface area contributed by atoms with E-state index in [1.807, 2.05) is 30.3 Å². The fraction of sp³-hybridized carbons (Fsp3) is 0.188. The summed E-state index contributed by atoms with van der Waals surface area (Å²) in [5.41, 5.74) is 2.00. The summed E-state index contributed by atoms with van der Waals surface area (Å²) in [6.45, 7) is -0.245. The summed E-state index contributed by atoms with van der Waals surface area (Å²) in [5.74, 6) is -0.377. The fourth-order valence-corrected chi connectivity index (χ4v) is 3.89. The van der Waals surface area contributed by atoms with Crippen molar-refractivity contribution in [3.8, 4) is 0 Å². The van der Waals surface area contributed by atoms with E-state index in [1.165, 1.54) is 4.31 Å². The fourth-order valence-electron chi connectivity index (χ4n) is 2.74. The van der Waals surface area contributed by atoms with E-state index in [0.29, 0.717) is 16.3 Å². The molecule has 1 amide bonds. The zero-order valence-electron chi connectivity index (χ0n) is 12.4. The van der Waals surface area contributed by atoms with E-state index in [4.69, 9.17) is 11.6 Å². The Bertz CT molecular complexity index is 853. The van der Waals surface area contributed by atoms with Gasteiger partial charge in [-0.2, -0.15) is 4.31 Å². The van der Waals surface area contributed by atoms with Crippen molar-refractivity contribution in [2.24, 2.45) is 0 Å². The van der Waals surface area contributed by atoms with Gasteiger partial charge >= 0.3 is 0 Å². The van der Waals surface area contributed by atoms with Crippen LogP contribution in [0.5, 0.6) is 0 Å². The summed E-state index contributed by atoms with van der Waals surface area (Å²) in [5, 5.41) is 3.23. The predicted molar refractivity (Wildman–Crippen MR) is 89.9 cm³/mol. The van der Waals surface area contributed by atoms with Crippen LogP contribution in [0.2, 0.25) is 5.02 Å². The molecule has 3 rings (SSSR count). The SMILES string of the molecule is CS(=O)(=O)N1CC(=O)Nc2ccc(Cl)cc2C1c1ccccc1. The molecule has 0 fully saturated rings. The zero-order valence-corrected chi connectivity index (χ0v) is 13.9. The first-order valence-corrected chi connectivity index (χ1v) is 9.20. The van der Waals surface area contributed by atoms with Gasteiger partial charge in [-0.05, 0) is 29.3 Å². The Morgan fingerprint density at radius 3 is 2.52 bits per heavy atom. The number of benzene rings is 2. The molecule has 1 N–H and O–H groups in total. The number of nitrogens with one attached hydrogen (secondary N) is 1. The first-order valence-electron chi connectivity index (χ1n) is 6.97. The highest BCUT2D eigenvalue weighted by molar-refractivity contribution is 7.88. The third kappa shape index (κ3) is 3.24. The average Bonchev–Trinajstić information content (AvgIpc) is 2.63. The standard InChI is InChI=1S/C16H15ClN2O3S/c1-23(21,22)19-10-15(20)18-14-8-7-12(17)9-13(14)16(19)11-5-3-2-4-6-11/h2-9,16H,10H2,1H3,(H,18,20). The molecule has 0 spiro atoms. The lowest BCUT2D eigenvalue weighted by molar-refractivity contribution is -0.116. The molecule has 0 aliphatic carbocycles. The van der Waals surface area contributed by atoms with Crippen molar-refractivity contribution in [1.29, 1.82) is 0 Å². The van der Waals surface area contributed by atoms with Crippen LogP contribution < -0.4 is 5.32 Å². The first-order chi connectivity index (χ1) is 10.9. The van der Waals surface area contributed by atoms with Crippen LogP contribution in [0.4, 0.5) is 5.69 Å². The Balaban J connectivity index is 2.28. The van der Waals surface area contributed by atoms with Crippen molar-refractivity contribution in [3.63, 3.8) is 0 Å². The predicted octanol–water partition coefficient (Wildman–Crippen LogP) is 2.64. The molecular weight excluding hydrogens is 336 g/mol. The van der Waals surface area contributed by atoms with Crippen LogP contribution in [-0.4, -0.2) is 31.4 Å². The van der Waals surface area contributed by atoms with Crippen LogP contribution >= 0.6 is 11.6 Å². The molecule has 1 atom stereocenters. The lowest BCUT2D eigenvalue weighted by Gasteiger charge is -2.28. The molecule has 0 radical (unpaired) electrons. The summed E-state index contributed by atoms with van der Waals surface area (Å²) in [7, 11) is -3.61. The number of hydrogen-bond acceptors (Lipinski definition) is 3. The molecule has 1 unspecified atom stereocenters. The van der Waals surface area contributed by atoms with Gasteiger partial charge in [0.15, 0.2) is 0 Å². The molecule has 120 valence electrons. The van der Waals surface area contributed by atoms with Crippen LogP contribution in [0.3, 0.4) is 0 Å². The van der Waals surface area contributed by atoms with Gasteiger partial charge < -0.3 is 5.32 Å². The molecule has 0 saturated carbocycles. The number of hydrogen-bond donors (Lipinski definition) is 1. The highest BCUT2D eigenvalue weighted by Gasteiger charge is 2.35. The highest BCUT2D eigenvalue weighted by Crippen LogP contribution is 2.38. The second-order valence-corrected chi connectivity index (χ2v) is 7.77. The zero-order chi connectivity index (χ0) is 16.6. The smallest absolute Gasteiger partial charge is 0.239 e. The average molecular weight is 351 g/mol. The molecule has 2 aromatic rings. The van der Waals surface area contributed by atoms with E-state index >= 15 is 0 Å². The monoisotopic (exact) mass is 350 g/mol. The van der Waals surface area contributed by atoms with Crippen molar-refractivity contribution in [1.82, 2.24) is 4.31 Å². The lowest BCUT2D eigenvalue weighted by atomic mass is 9.97. The minimum absolute atomic E-state index is 0.245. The van der Waals surface area contributed by atoms with E-state index in [9.17, 15) is 13.2 Å². The molecular formula is C16H15ClN2O3S. The van der Waals surface area contributed by atoms with Crippen LogP contribution in [-0.2, 0) is 14.8 Å². The number of carbonyl (C=O) groups is 1. The minimum Gasteiger partial charge on any atom is -0.325 e. The number of fused-ring (bicyclic) bond motifs is 1. The Kier molecular flexibility index (Phi) is 4.14. The molecule has 2 aromatic carbocycles. The molecule has 0 aromatic heterocycles. The van der Waals surface area contributed by atoms with Gasteiger partial charge in [0, 0.05) is 10.7 Å². The van der Waals surface area contributed by atoms with Gasteiger partial charge in [0.2, 0.25) is 15.9 Å².